The van der Waals surface area contributed by atoms with Crippen LogP contribution in [0.5, 0.6) is 0 Å². The summed E-state index contributed by atoms with van der Waals surface area (Å²) in [5.41, 5.74) is 4.34. The van der Waals surface area contributed by atoms with E-state index >= 15 is 0 Å². The maximum atomic E-state index is 14.5. The van der Waals surface area contributed by atoms with Crippen molar-refractivity contribution >= 4 is 0 Å². The molecule has 1 heterocycles. The van der Waals surface area contributed by atoms with E-state index in [4.69, 9.17) is 5.73 Å². The fourth-order valence-corrected chi connectivity index (χ4v) is 2.20. The van der Waals surface area contributed by atoms with Crippen LogP contribution in [-0.2, 0) is 13.0 Å². The zero-order valence-corrected chi connectivity index (χ0v) is 9.82. The first kappa shape index (κ1) is 11.6. The molecule has 0 bridgehead atoms. The number of hydrogen-bond acceptors (Lipinski definition) is 2. The smallest absolute Gasteiger partial charge is 0.133 e. The van der Waals surface area contributed by atoms with Crippen molar-refractivity contribution in [3.8, 4) is 0 Å². The molecule has 1 aliphatic carbocycles. The number of alkyl halides is 1. The standard InChI is InChI=1S/C12H20FN3/c1-2-6-16-7-5-15-11(16)8-12(13,9-14)10-3-4-10/h5,7,10H,2-4,6,8-9,14H2,1H3. The average molecular weight is 225 g/mol. The van der Waals surface area contributed by atoms with Gasteiger partial charge in [0.2, 0.25) is 0 Å². The van der Waals surface area contributed by atoms with Crippen LogP contribution in [0.2, 0.25) is 0 Å². The second-order valence-corrected chi connectivity index (χ2v) is 4.73. The summed E-state index contributed by atoms with van der Waals surface area (Å²) in [5.74, 6) is 0.992. The number of aryl methyl sites for hydroxylation is 1. The van der Waals surface area contributed by atoms with Gasteiger partial charge < -0.3 is 10.3 Å². The monoisotopic (exact) mass is 225 g/mol. The number of aromatic nitrogens is 2. The van der Waals surface area contributed by atoms with Gasteiger partial charge in [-0.1, -0.05) is 6.92 Å². The van der Waals surface area contributed by atoms with Crippen LogP contribution in [0.25, 0.3) is 0 Å². The topological polar surface area (TPSA) is 43.8 Å². The van der Waals surface area contributed by atoms with Gasteiger partial charge in [-0.15, -0.1) is 0 Å². The number of rotatable bonds is 6. The summed E-state index contributed by atoms with van der Waals surface area (Å²) in [4.78, 5) is 4.25. The van der Waals surface area contributed by atoms with E-state index in [1.807, 2.05) is 10.8 Å². The molecule has 1 fully saturated rings. The predicted octanol–water partition coefficient (Wildman–Crippen LogP) is 1.91. The fraction of sp³-hybridized carbons (Fsp3) is 0.750. The molecule has 0 saturated heterocycles. The van der Waals surface area contributed by atoms with E-state index in [2.05, 4.69) is 11.9 Å². The summed E-state index contributed by atoms with van der Waals surface area (Å²) in [6.07, 6.45) is 7.01. The first-order valence-corrected chi connectivity index (χ1v) is 6.08. The fourth-order valence-electron chi connectivity index (χ4n) is 2.20. The normalized spacial score (nSPS) is 19.7. The lowest BCUT2D eigenvalue weighted by Crippen LogP contribution is -2.38. The molecule has 3 nitrogen and oxygen atoms in total. The van der Waals surface area contributed by atoms with Crippen LogP contribution in [0.1, 0.15) is 32.0 Å². The van der Waals surface area contributed by atoms with Gasteiger partial charge in [0.1, 0.15) is 11.5 Å². The Kier molecular flexibility index (Phi) is 3.28. The lowest BCUT2D eigenvalue weighted by Gasteiger charge is -2.23. The number of nitrogens with two attached hydrogens (primary N) is 1. The van der Waals surface area contributed by atoms with Gasteiger partial charge in [0, 0.05) is 31.9 Å². The van der Waals surface area contributed by atoms with Crippen molar-refractivity contribution in [1.82, 2.24) is 9.55 Å². The summed E-state index contributed by atoms with van der Waals surface area (Å²) in [5, 5.41) is 0. The Morgan fingerprint density at radius 2 is 2.38 bits per heavy atom. The minimum atomic E-state index is -1.24. The number of halogens is 1. The Hall–Kier alpha value is -0.900. The Bertz CT molecular complexity index is 346. The lowest BCUT2D eigenvalue weighted by molar-refractivity contribution is 0.138. The Labute approximate surface area is 95.9 Å². The number of hydrogen-bond donors (Lipinski definition) is 1. The molecule has 1 aromatic rings. The van der Waals surface area contributed by atoms with E-state index in [1.165, 1.54) is 0 Å². The van der Waals surface area contributed by atoms with Crippen LogP contribution in [0.4, 0.5) is 4.39 Å². The van der Waals surface area contributed by atoms with Gasteiger partial charge in [-0.05, 0) is 25.2 Å². The van der Waals surface area contributed by atoms with E-state index in [9.17, 15) is 4.39 Å². The van der Waals surface area contributed by atoms with E-state index in [0.717, 1.165) is 31.6 Å². The van der Waals surface area contributed by atoms with Crippen LogP contribution in [0.3, 0.4) is 0 Å². The molecule has 0 radical (unpaired) electrons. The first-order chi connectivity index (χ1) is 7.69. The molecule has 0 amide bonds. The maximum absolute atomic E-state index is 14.5. The van der Waals surface area contributed by atoms with Gasteiger partial charge >= 0.3 is 0 Å². The van der Waals surface area contributed by atoms with Crippen molar-refractivity contribution in [3.05, 3.63) is 18.2 Å². The van der Waals surface area contributed by atoms with E-state index in [0.29, 0.717) is 6.42 Å². The summed E-state index contributed by atoms with van der Waals surface area (Å²) < 4.78 is 16.5. The quantitative estimate of drug-likeness (QED) is 0.803. The van der Waals surface area contributed by atoms with Crippen molar-refractivity contribution in [2.45, 2.75) is 44.8 Å². The molecule has 4 heteroatoms. The Balaban J connectivity index is 2.09. The molecular weight excluding hydrogens is 205 g/mol. The molecule has 1 saturated carbocycles. The third-order valence-corrected chi connectivity index (χ3v) is 3.37. The molecule has 0 aromatic carbocycles. The summed E-state index contributed by atoms with van der Waals surface area (Å²) in [7, 11) is 0. The molecule has 1 aromatic heterocycles. The third kappa shape index (κ3) is 2.26. The molecule has 90 valence electrons. The van der Waals surface area contributed by atoms with Crippen LogP contribution in [0, 0.1) is 5.92 Å². The molecule has 16 heavy (non-hydrogen) atoms. The highest BCUT2D eigenvalue weighted by Gasteiger charge is 2.45. The van der Waals surface area contributed by atoms with Crippen molar-refractivity contribution < 1.29 is 4.39 Å². The summed E-state index contributed by atoms with van der Waals surface area (Å²) in [6, 6.07) is 0. The van der Waals surface area contributed by atoms with Crippen molar-refractivity contribution in [3.63, 3.8) is 0 Å². The van der Waals surface area contributed by atoms with Crippen LogP contribution >= 0.6 is 0 Å². The zero-order chi connectivity index (χ0) is 11.6. The Morgan fingerprint density at radius 3 is 2.94 bits per heavy atom. The number of imidazole rings is 1. The molecule has 1 atom stereocenters. The molecular formula is C12H20FN3. The summed E-state index contributed by atoms with van der Waals surface area (Å²) in [6.45, 7) is 3.12. The SMILES string of the molecule is CCCn1ccnc1CC(F)(CN)C1CC1. The molecule has 1 aliphatic rings. The largest absolute Gasteiger partial charge is 0.335 e. The van der Waals surface area contributed by atoms with Crippen molar-refractivity contribution in [2.24, 2.45) is 11.7 Å². The number of nitrogens with zero attached hydrogens (tertiary/aromatic N) is 2. The highest BCUT2D eigenvalue weighted by molar-refractivity contribution is 5.05. The molecule has 2 N–H and O–H groups in total. The third-order valence-electron chi connectivity index (χ3n) is 3.37. The van der Waals surface area contributed by atoms with Gasteiger partial charge in [-0.2, -0.15) is 0 Å². The van der Waals surface area contributed by atoms with E-state index in [1.54, 1.807) is 6.20 Å². The van der Waals surface area contributed by atoms with Gasteiger partial charge in [-0.25, -0.2) is 9.37 Å². The predicted molar refractivity (Wildman–Crippen MR) is 61.8 cm³/mol. The second kappa shape index (κ2) is 4.53. The second-order valence-electron chi connectivity index (χ2n) is 4.73. The van der Waals surface area contributed by atoms with Gasteiger partial charge in [0.15, 0.2) is 0 Å². The van der Waals surface area contributed by atoms with E-state index in [-0.39, 0.29) is 12.5 Å². The minimum absolute atomic E-state index is 0.108. The maximum Gasteiger partial charge on any atom is 0.133 e. The van der Waals surface area contributed by atoms with Crippen LogP contribution in [0.15, 0.2) is 12.4 Å². The minimum Gasteiger partial charge on any atom is -0.335 e. The molecule has 0 aliphatic heterocycles. The van der Waals surface area contributed by atoms with Crippen LogP contribution in [-0.4, -0.2) is 21.8 Å². The Morgan fingerprint density at radius 1 is 1.62 bits per heavy atom. The highest BCUT2D eigenvalue weighted by Crippen LogP contribution is 2.43. The molecule has 0 spiro atoms. The summed E-state index contributed by atoms with van der Waals surface area (Å²) >= 11 is 0. The van der Waals surface area contributed by atoms with Gasteiger partial charge in [-0.3, -0.25) is 0 Å². The molecule has 2 rings (SSSR count). The highest BCUT2D eigenvalue weighted by atomic mass is 19.1. The van der Waals surface area contributed by atoms with Crippen molar-refractivity contribution in [1.29, 1.82) is 0 Å². The van der Waals surface area contributed by atoms with Crippen molar-refractivity contribution in [2.75, 3.05) is 6.54 Å². The van der Waals surface area contributed by atoms with E-state index < -0.39 is 5.67 Å². The van der Waals surface area contributed by atoms with Crippen LogP contribution < -0.4 is 5.73 Å². The first-order valence-electron chi connectivity index (χ1n) is 6.08. The lowest BCUT2D eigenvalue weighted by atomic mass is 9.95. The average Bonchev–Trinajstić information content (AvgIpc) is 3.05. The van der Waals surface area contributed by atoms with Gasteiger partial charge in [0.05, 0.1) is 0 Å². The molecule has 1 unspecified atom stereocenters. The van der Waals surface area contributed by atoms with Gasteiger partial charge in [0.25, 0.3) is 0 Å². The zero-order valence-electron chi connectivity index (χ0n) is 9.82.